The molecular weight excluding hydrogens is 420 g/mol. The van der Waals surface area contributed by atoms with Gasteiger partial charge in [-0.15, -0.1) is 11.3 Å². The van der Waals surface area contributed by atoms with Gasteiger partial charge in [0.2, 0.25) is 5.78 Å². The molecule has 6 nitrogen and oxygen atoms in total. The van der Waals surface area contributed by atoms with Crippen LogP contribution >= 0.6 is 11.3 Å². The van der Waals surface area contributed by atoms with E-state index in [0.717, 1.165) is 5.56 Å². The van der Waals surface area contributed by atoms with Crippen molar-refractivity contribution in [2.24, 2.45) is 0 Å². The number of ether oxygens (including phenoxy) is 1. The molecule has 0 aliphatic carbocycles. The summed E-state index contributed by atoms with van der Waals surface area (Å²) in [5, 5.41) is 10.4. The van der Waals surface area contributed by atoms with Crippen LogP contribution in [0.15, 0.2) is 48.5 Å². The molecule has 0 unspecified atom stereocenters. The summed E-state index contributed by atoms with van der Waals surface area (Å²) in [6, 6.07) is 16.9. The van der Waals surface area contributed by atoms with Crippen molar-refractivity contribution in [2.75, 3.05) is 18.6 Å². The van der Waals surface area contributed by atoms with Crippen molar-refractivity contribution in [2.45, 2.75) is 19.8 Å². The SMILES string of the molecule is COc1ccc(C(=O)c2sc3nc(N)c(C#N)c(-c4ccc(C(C)C)cc4)c3c2N)cc1. The van der Waals surface area contributed by atoms with Crippen molar-refractivity contribution in [3.63, 3.8) is 0 Å². The number of hydrogen-bond donors (Lipinski definition) is 2. The van der Waals surface area contributed by atoms with Crippen molar-refractivity contribution < 1.29 is 9.53 Å². The molecule has 0 atom stereocenters. The number of carbonyl (C=O) groups is 1. The Morgan fingerprint density at radius 1 is 1.09 bits per heavy atom. The monoisotopic (exact) mass is 442 g/mol. The van der Waals surface area contributed by atoms with Gasteiger partial charge in [-0.1, -0.05) is 38.1 Å². The van der Waals surface area contributed by atoms with Crippen LogP contribution in [-0.2, 0) is 0 Å². The Balaban J connectivity index is 1.93. The van der Waals surface area contributed by atoms with Crippen LogP contribution in [0, 0.1) is 11.3 Å². The molecule has 4 aromatic rings. The van der Waals surface area contributed by atoms with Gasteiger partial charge >= 0.3 is 0 Å². The maximum atomic E-state index is 13.2. The third-order valence-electron chi connectivity index (χ3n) is 5.44. The smallest absolute Gasteiger partial charge is 0.205 e. The van der Waals surface area contributed by atoms with E-state index in [1.54, 1.807) is 31.4 Å². The minimum Gasteiger partial charge on any atom is -0.497 e. The molecule has 0 amide bonds. The summed E-state index contributed by atoms with van der Waals surface area (Å²) >= 11 is 1.18. The largest absolute Gasteiger partial charge is 0.497 e. The molecule has 0 fully saturated rings. The van der Waals surface area contributed by atoms with E-state index < -0.39 is 0 Å². The first-order valence-corrected chi connectivity index (χ1v) is 10.9. The van der Waals surface area contributed by atoms with Crippen LogP contribution in [0.1, 0.15) is 46.1 Å². The first kappa shape index (κ1) is 21.3. The molecule has 32 heavy (non-hydrogen) atoms. The zero-order chi connectivity index (χ0) is 23.0. The summed E-state index contributed by atoms with van der Waals surface area (Å²) in [5.74, 6) is 0.937. The minimum atomic E-state index is -0.216. The lowest BCUT2D eigenvalue weighted by Crippen LogP contribution is -2.03. The van der Waals surface area contributed by atoms with Crippen LogP contribution in [0.25, 0.3) is 21.3 Å². The second kappa shape index (κ2) is 8.33. The van der Waals surface area contributed by atoms with Gasteiger partial charge in [0.05, 0.1) is 12.8 Å². The van der Waals surface area contributed by atoms with Gasteiger partial charge in [-0.3, -0.25) is 4.79 Å². The molecule has 4 N–H and O–H groups in total. The topological polar surface area (TPSA) is 115 Å². The van der Waals surface area contributed by atoms with Crippen molar-refractivity contribution in [3.8, 4) is 22.9 Å². The average Bonchev–Trinajstić information content (AvgIpc) is 3.13. The number of benzene rings is 2. The predicted molar refractivity (Wildman–Crippen MR) is 129 cm³/mol. The Bertz CT molecular complexity index is 1360. The molecule has 2 aromatic heterocycles. The lowest BCUT2D eigenvalue weighted by atomic mass is 9.94. The van der Waals surface area contributed by atoms with Gasteiger partial charge in [0.1, 0.15) is 32.9 Å². The second-order valence-corrected chi connectivity index (χ2v) is 8.72. The lowest BCUT2D eigenvalue weighted by Gasteiger charge is -2.11. The summed E-state index contributed by atoms with van der Waals surface area (Å²) in [7, 11) is 1.57. The van der Waals surface area contributed by atoms with Crippen molar-refractivity contribution in [1.29, 1.82) is 5.26 Å². The standard InChI is InChI=1S/C25H22N4O2S/c1-13(2)14-4-6-15(7-5-14)19-18(12-26)24(28)29-25-20(19)21(27)23(32-25)22(30)16-8-10-17(31-3)11-9-16/h4-11,13H,27H2,1-3H3,(H2,28,29). The van der Waals surface area contributed by atoms with E-state index in [4.69, 9.17) is 16.2 Å². The highest BCUT2D eigenvalue weighted by atomic mass is 32.1. The van der Waals surface area contributed by atoms with Crippen molar-refractivity contribution in [1.82, 2.24) is 4.98 Å². The first-order chi connectivity index (χ1) is 15.3. The molecule has 2 heterocycles. The van der Waals surface area contributed by atoms with E-state index in [-0.39, 0.29) is 17.2 Å². The van der Waals surface area contributed by atoms with E-state index in [9.17, 15) is 10.1 Å². The molecular formula is C25H22N4O2S. The Labute approximate surface area is 190 Å². The first-order valence-electron chi connectivity index (χ1n) is 10.1. The maximum Gasteiger partial charge on any atom is 0.205 e. The van der Waals surface area contributed by atoms with E-state index in [1.165, 1.54) is 16.9 Å². The number of hydrogen-bond acceptors (Lipinski definition) is 7. The highest BCUT2D eigenvalue weighted by Crippen LogP contribution is 2.43. The second-order valence-electron chi connectivity index (χ2n) is 7.72. The van der Waals surface area contributed by atoms with Gasteiger partial charge in [0, 0.05) is 16.5 Å². The van der Waals surface area contributed by atoms with Crippen LogP contribution in [0.2, 0.25) is 0 Å². The van der Waals surface area contributed by atoms with Crippen LogP contribution in [0.4, 0.5) is 11.5 Å². The molecule has 0 bridgehead atoms. The fourth-order valence-electron chi connectivity index (χ4n) is 3.65. The Morgan fingerprint density at radius 3 is 2.31 bits per heavy atom. The molecule has 0 aliphatic rings. The number of fused-ring (bicyclic) bond motifs is 1. The zero-order valence-corrected chi connectivity index (χ0v) is 18.8. The predicted octanol–water partition coefficient (Wildman–Crippen LogP) is 5.36. The molecule has 0 saturated heterocycles. The van der Waals surface area contributed by atoms with Crippen LogP contribution < -0.4 is 16.2 Å². The minimum absolute atomic E-state index is 0.118. The summed E-state index contributed by atoms with van der Waals surface area (Å²) in [4.78, 5) is 18.5. The number of ketones is 1. The van der Waals surface area contributed by atoms with E-state index in [1.807, 2.05) is 24.3 Å². The van der Waals surface area contributed by atoms with Crippen LogP contribution in [-0.4, -0.2) is 17.9 Å². The van der Waals surface area contributed by atoms with Gasteiger partial charge in [-0.2, -0.15) is 5.26 Å². The number of pyridine rings is 1. The third kappa shape index (κ3) is 3.55. The normalized spacial score (nSPS) is 11.0. The Hall–Kier alpha value is -3.89. The number of thiophene rings is 1. The number of nitriles is 1. The number of rotatable bonds is 5. The number of carbonyl (C=O) groups excluding carboxylic acids is 1. The van der Waals surface area contributed by atoms with E-state index in [2.05, 4.69) is 24.9 Å². The molecule has 160 valence electrons. The quantitative estimate of drug-likeness (QED) is 0.402. The van der Waals surface area contributed by atoms with Crippen molar-refractivity contribution in [3.05, 3.63) is 70.1 Å². The fourth-order valence-corrected chi connectivity index (χ4v) is 4.72. The molecule has 7 heteroatoms. The number of methoxy groups -OCH3 is 1. The van der Waals surface area contributed by atoms with Gasteiger partial charge in [0.25, 0.3) is 0 Å². The Kier molecular flexibility index (Phi) is 5.56. The Morgan fingerprint density at radius 2 is 1.75 bits per heavy atom. The van der Waals surface area contributed by atoms with Gasteiger partial charge < -0.3 is 16.2 Å². The summed E-state index contributed by atoms with van der Waals surface area (Å²) < 4.78 is 5.16. The van der Waals surface area contributed by atoms with Crippen LogP contribution in [0.3, 0.4) is 0 Å². The number of nitrogen functional groups attached to an aromatic ring is 2. The molecule has 0 saturated carbocycles. The summed E-state index contributed by atoms with van der Waals surface area (Å²) in [6.07, 6.45) is 0. The molecule has 4 rings (SSSR count). The van der Waals surface area contributed by atoms with E-state index >= 15 is 0 Å². The number of aromatic nitrogens is 1. The van der Waals surface area contributed by atoms with Gasteiger partial charge in [-0.25, -0.2) is 4.98 Å². The van der Waals surface area contributed by atoms with Crippen LogP contribution in [0.5, 0.6) is 5.75 Å². The fraction of sp³-hybridized carbons (Fsp3) is 0.160. The number of nitrogens with two attached hydrogens (primary N) is 2. The highest BCUT2D eigenvalue weighted by molar-refractivity contribution is 7.21. The molecule has 2 aromatic carbocycles. The number of anilines is 2. The zero-order valence-electron chi connectivity index (χ0n) is 18.0. The molecule has 0 aliphatic heterocycles. The molecule has 0 radical (unpaired) electrons. The third-order valence-corrected chi connectivity index (χ3v) is 6.54. The van der Waals surface area contributed by atoms with Gasteiger partial charge in [0.15, 0.2) is 0 Å². The summed E-state index contributed by atoms with van der Waals surface area (Å²) in [5.41, 5.74) is 16.3. The average molecular weight is 443 g/mol. The molecule has 0 spiro atoms. The van der Waals surface area contributed by atoms with Crippen molar-refractivity contribution >= 4 is 38.8 Å². The lowest BCUT2D eigenvalue weighted by molar-refractivity contribution is 0.104. The van der Waals surface area contributed by atoms with E-state index in [0.29, 0.717) is 43.6 Å². The van der Waals surface area contributed by atoms with Gasteiger partial charge in [-0.05, 0) is 41.3 Å². The highest BCUT2D eigenvalue weighted by Gasteiger charge is 2.25. The summed E-state index contributed by atoms with van der Waals surface area (Å²) in [6.45, 7) is 4.23. The number of nitrogens with zero attached hydrogens (tertiary/aromatic N) is 2. The maximum absolute atomic E-state index is 13.2.